The average Bonchev–Trinajstić information content (AvgIpc) is 2.58. The summed E-state index contributed by atoms with van der Waals surface area (Å²) >= 11 is 0. The highest BCUT2D eigenvalue weighted by molar-refractivity contribution is 5.93. The van der Waals surface area contributed by atoms with Gasteiger partial charge in [-0.15, -0.1) is 0 Å². The molecule has 1 aliphatic rings. The molecule has 0 bridgehead atoms. The Labute approximate surface area is 159 Å². The summed E-state index contributed by atoms with van der Waals surface area (Å²) < 4.78 is 5.59. The van der Waals surface area contributed by atoms with Crippen LogP contribution in [0.5, 0.6) is 0 Å². The highest BCUT2D eigenvalue weighted by atomic mass is 16.6. The number of rotatable bonds is 6. The predicted octanol–water partition coefficient (Wildman–Crippen LogP) is 3.63. The lowest BCUT2D eigenvalue weighted by molar-refractivity contribution is -0.162. The van der Waals surface area contributed by atoms with Gasteiger partial charge in [-0.1, -0.05) is 37.1 Å². The Hall–Kier alpha value is -2.37. The maximum Gasteiger partial charge on any atom is 0.318 e. The molecule has 0 radical (unpaired) electrons. The Bertz CT molecular complexity index is 672. The van der Waals surface area contributed by atoms with E-state index in [0.717, 1.165) is 31.2 Å². The van der Waals surface area contributed by atoms with Crippen molar-refractivity contribution in [3.63, 3.8) is 0 Å². The van der Waals surface area contributed by atoms with Crippen molar-refractivity contribution < 1.29 is 29.3 Å². The van der Waals surface area contributed by atoms with Crippen molar-refractivity contribution in [2.24, 2.45) is 11.8 Å². The van der Waals surface area contributed by atoms with E-state index in [1.165, 1.54) is 0 Å². The number of carboxylic acid groups (broad SMARTS) is 2. The van der Waals surface area contributed by atoms with E-state index < -0.39 is 23.5 Å². The number of carboxylic acids is 2. The molecule has 2 atom stereocenters. The fourth-order valence-electron chi connectivity index (χ4n) is 3.61. The fourth-order valence-corrected chi connectivity index (χ4v) is 3.61. The fraction of sp³-hybridized carbons (Fsp3) is 0.571. The lowest BCUT2D eigenvalue weighted by Gasteiger charge is -2.32. The molecule has 6 nitrogen and oxygen atoms in total. The second-order valence-electron chi connectivity index (χ2n) is 8.21. The molecule has 0 aromatic heterocycles. The minimum absolute atomic E-state index is 0.0644. The van der Waals surface area contributed by atoms with Crippen LogP contribution in [0.1, 0.15) is 63.5 Å². The predicted molar refractivity (Wildman–Crippen MR) is 99.5 cm³/mol. The topological polar surface area (TPSA) is 101 Å². The first-order valence-corrected chi connectivity index (χ1v) is 9.36. The van der Waals surface area contributed by atoms with Crippen molar-refractivity contribution >= 4 is 17.9 Å². The van der Waals surface area contributed by atoms with E-state index in [4.69, 9.17) is 14.9 Å². The number of aliphatic carboxylic acids is 2. The third-order valence-corrected chi connectivity index (χ3v) is 4.92. The van der Waals surface area contributed by atoms with E-state index in [-0.39, 0.29) is 24.2 Å². The van der Waals surface area contributed by atoms with Gasteiger partial charge in [0.1, 0.15) is 5.60 Å². The van der Waals surface area contributed by atoms with Gasteiger partial charge >= 0.3 is 17.9 Å². The minimum Gasteiger partial charge on any atom is -0.481 e. The van der Waals surface area contributed by atoms with Crippen LogP contribution < -0.4 is 0 Å². The molecule has 1 fully saturated rings. The molecule has 148 valence electrons. The monoisotopic (exact) mass is 376 g/mol. The molecule has 0 unspecified atom stereocenters. The standard InChI is InChI=1S/C21H28O6/c1-21(2,3)27-20(26)16-7-5-4-6-15(16)14-10-8-13(9-11-14)12-17(18(22)23)19(24)25/h8-11,15-17H,4-7,12H2,1-3H3,(H,22,23)(H,24,25)/t15-,16+/m0/s1. The second-order valence-corrected chi connectivity index (χ2v) is 8.21. The first-order chi connectivity index (χ1) is 12.6. The van der Waals surface area contributed by atoms with Crippen LogP contribution in [0.4, 0.5) is 0 Å². The smallest absolute Gasteiger partial charge is 0.318 e. The minimum atomic E-state index is -1.46. The van der Waals surface area contributed by atoms with Crippen LogP contribution in [-0.2, 0) is 25.5 Å². The van der Waals surface area contributed by atoms with Crippen LogP contribution in [0, 0.1) is 11.8 Å². The molecule has 0 aliphatic heterocycles. The van der Waals surface area contributed by atoms with E-state index >= 15 is 0 Å². The maximum atomic E-state index is 12.6. The molecular formula is C21H28O6. The summed E-state index contributed by atoms with van der Waals surface area (Å²) in [5.41, 5.74) is 1.14. The van der Waals surface area contributed by atoms with Crippen LogP contribution in [-0.4, -0.2) is 33.7 Å². The molecule has 0 saturated heterocycles. The number of esters is 1. The first kappa shape index (κ1) is 20.9. The molecule has 27 heavy (non-hydrogen) atoms. The van der Waals surface area contributed by atoms with Gasteiger partial charge in [0.25, 0.3) is 0 Å². The largest absolute Gasteiger partial charge is 0.481 e. The van der Waals surface area contributed by atoms with Crippen LogP contribution in [0.15, 0.2) is 24.3 Å². The lowest BCUT2D eigenvalue weighted by atomic mass is 9.75. The van der Waals surface area contributed by atoms with Crippen molar-refractivity contribution in [2.75, 3.05) is 0 Å². The number of hydrogen-bond acceptors (Lipinski definition) is 4. The van der Waals surface area contributed by atoms with E-state index in [1.54, 1.807) is 12.1 Å². The summed E-state index contributed by atoms with van der Waals surface area (Å²) in [5, 5.41) is 18.0. The van der Waals surface area contributed by atoms with Crippen LogP contribution in [0.3, 0.4) is 0 Å². The summed E-state index contributed by atoms with van der Waals surface area (Å²) in [7, 11) is 0. The van der Waals surface area contributed by atoms with Gasteiger partial charge in [-0.25, -0.2) is 0 Å². The van der Waals surface area contributed by atoms with Crippen LogP contribution in [0.25, 0.3) is 0 Å². The zero-order chi connectivity index (χ0) is 20.2. The zero-order valence-corrected chi connectivity index (χ0v) is 16.1. The van der Waals surface area contributed by atoms with E-state index in [9.17, 15) is 14.4 Å². The Morgan fingerprint density at radius 2 is 1.59 bits per heavy atom. The summed E-state index contributed by atoms with van der Waals surface area (Å²) in [6.45, 7) is 5.58. The summed E-state index contributed by atoms with van der Waals surface area (Å²) in [4.78, 5) is 34.7. The zero-order valence-electron chi connectivity index (χ0n) is 16.1. The summed E-state index contributed by atoms with van der Waals surface area (Å²) in [5.74, 6) is -4.44. The third kappa shape index (κ3) is 5.81. The van der Waals surface area contributed by atoms with Crippen LogP contribution in [0.2, 0.25) is 0 Å². The van der Waals surface area contributed by atoms with Crippen molar-refractivity contribution in [3.8, 4) is 0 Å². The van der Waals surface area contributed by atoms with Crippen molar-refractivity contribution in [1.29, 1.82) is 0 Å². The number of hydrogen-bond donors (Lipinski definition) is 2. The number of carbonyl (C=O) groups excluding carboxylic acids is 1. The van der Waals surface area contributed by atoms with Gasteiger partial charge in [0, 0.05) is 0 Å². The molecule has 1 aromatic carbocycles. The molecule has 2 rings (SSSR count). The van der Waals surface area contributed by atoms with E-state index in [0.29, 0.717) is 5.56 Å². The number of carbonyl (C=O) groups is 3. The Morgan fingerprint density at radius 3 is 2.11 bits per heavy atom. The van der Waals surface area contributed by atoms with Gasteiger partial charge in [-0.3, -0.25) is 14.4 Å². The van der Waals surface area contributed by atoms with Gasteiger partial charge < -0.3 is 14.9 Å². The lowest BCUT2D eigenvalue weighted by Crippen LogP contribution is -2.33. The summed E-state index contributed by atoms with van der Waals surface area (Å²) in [6, 6.07) is 7.27. The summed E-state index contributed by atoms with van der Waals surface area (Å²) in [6.07, 6.45) is 3.67. The quantitative estimate of drug-likeness (QED) is 0.581. The van der Waals surface area contributed by atoms with E-state index in [1.807, 2.05) is 32.9 Å². The van der Waals surface area contributed by atoms with Gasteiger partial charge in [-0.05, 0) is 57.1 Å². The maximum absolute atomic E-state index is 12.6. The van der Waals surface area contributed by atoms with Gasteiger partial charge in [0.15, 0.2) is 5.92 Å². The molecule has 1 aliphatic carbocycles. The third-order valence-electron chi connectivity index (χ3n) is 4.92. The highest BCUT2D eigenvalue weighted by Crippen LogP contribution is 2.39. The van der Waals surface area contributed by atoms with Crippen molar-refractivity contribution in [3.05, 3.63) is 35.4 Å². The molecular weight excluding hydrogens is 348 g/mol. The van der Waals surface area contributed by atoms with Crippen molar-refractivity contribution in [1.82, 2.24) is 0 Å². The second kappa shape index (κ2) is 8.55. The SMILES string of the molecule is CC(C)(C)OC(=O)[C@@H]1CCCC[C@H]1c1ccc(CC(C(=O)O)C(=O)O)cc1. The van der Waals surface area contributed by atoms with Gasteiger partial charge in [0.2, 0.25) is 0 Å². The number of benzene rings is 1. The molecule has 6 heteroatoms. The molecule has 0 amide bonds. The number of ether oxygens (including phenoxy) is 1. The molecule has 0 heterocycles. The Kier molecular flexibility index (Phi) is 6.63. The van der Waals surface area contributed by atoms with Crippen LogP contribution >= 0.6 is 0 Å². The van der Waals surface area contributed by atoms with Crippen molar-refractivity contribution in [2.45, 2.75) is 64.4 Å². The van der Waals surface area contributed by atoms with Gasteiger partial charge in [0.05, 0.1) is 5.92 Å². The normalized spacial score (nSPS) is 20.3. The molecule has 2 N–H and O–H groups in total. The average molecular weight is 376 g/mol. The Balaban J connectivity index is 2.14. The molecule has 1 saturated carbocycles. The highest BCUT2D eigenvalue weighted by Gasteiger charge is 2.35. The van der Waals surface area contributed by atoms with E-state index in [2.05, 4.69) is 0 Å². The molecule has 0 spiro atoms. The first-order valence-electron chi connectivity index (χ1n) is 9.36. The Morgan fingerprint density at radius 1 is 1.04 bits per heavy atom. The molecule has 1 aromatic rings. The van der Waals surface area contributed by atoms with Gasteiger partial charge in [-0.2, -0.15) is 0 Å².